The molecule has 10 heteroatoms. The van der Waals surface area contributed by atoms with Crippen molar-refractivity contribution < 1.29 is 13.6 Å². The summed E-state index contributed by atoms with van der Waals surface area (Å²) >= 11 is -2.02. The summed E-state index contributed by atoms with van der Waals surface area (Å²) in [6.07, 6.45) is 2.66. The van der Waals surface area contributed by atoms with E-state index in [-0.39, 0.29) is 11.8 Å². The van der Waals surface area contributed by atoms with Gasteiger partial charge >= 0.3 is 6.03 Å². The van der Waals surface area contributed by atoms with Crippen LogP contribution in [0.3, 0.4) is 0 Å². The molecule has 1 aliphatic rings. The van der Waals surface area contributed by atoms with Crippen LogP contribution >= 0.6 is 0 Å². The zero-order valence-corrected chi connectivity index (χ0v) is 13.6. The molecule has 3 rings (SSSR count). The Bertz CT molecular complexity index is 807. The van der Waals surface area contributed by atoms with Crippen LogP contribution in [0.4, 0.5) is 16.4 Å². The summed E-state index contributed by atoms with van der Waals surface area (Å²) in [5.41, 5.74) is 6.86. The van der Waals surface area contributed by atoms with Gasteiger partial charge in [-0.15, -0.1) is 0 Å². The van der Waals surface area contributed by atoms with Crippen molar-refractivity contribution in [3.8, 4) is 11.4 Å². The third-order valence-electron chi connectivity index (χ3n) is 3.74. The van der Waals surface area contributed by atoms with Crippen LogP contribution in [0.25, 0.3) is 11.4 Å². The first-order valence-electron chi connectivity index (χ1n) is 7.16. The summed E-state index contributed by atoms with van der Waals surface area (Å²) in [5, 5.41) is 4.97. The second kappa shape index (κ2) is 6.13. The number of carbonyl (C=O) groups excluding carboxylic acids is 1. The second-order valence-corrected chi connectivity index (χ2v) is 6.66. The van der Waals surface area contributed by atoms with Crippen LogP contribution in [-0.4, -0.2) is 36.8 Å². The number of hydrogen-bond donors (Lipinski definition) is 4. The lowest BCUT2D eigenvalue weighted by atomic mass is 10.2. The Morgan fingerprint density at radius 1 is 1.38 bits per heavy atom. The van der Waals surface area contributed by atoms with Gasteiger partial charge in [-0.3, -0.25) is 5.32 Å². The Labute approximate surface area is 140 Å². The third kappa shape index (κ3) is 3.05. The summed E-state index contributed by atoms with van der Waals surface area (Å²) in [5.74, 6) is 0.914. The van der Waals surface area contributed by atoms with Crippen LogP contribution in [-0.2, 0) is 15.8 Å². The molecule has 0 radical (unpaired) electrons. The molecule has 1 unspecified atom stereocenters. The van der Waals surface area contributed by atoms with Gasteiger partial charge in [-0.1, -0.05) is 0 Å². The Balaban J connectivity index is 1.91. The highest BCUT2D eigenvalue weighted by atomic mass is 32.2. The van der Waals surface area contributed by atoms with Crippen molar-refractivity contribution in [2.45, 2.75) is 17.6 Å². The molecule has 1 saturated carbocycles. The van der Waals surface area contributed by atoms with E-state index in [1.165, 1.54) is 19.3 Å². The van der Waals surface area contributed by atoms with E-state index in [4.69, 9.17) is 5.73 Å². The zero-order chi connectivity index (χ0) is 17.3. The van der Waals surface area contributed by atoms with Gasteiger partial charge in [0.25, 0.3) is 0 Å². The minimum atomic E-state index is -2.02. The van der Waals surface area contributed by atoms with E-state index in [1.807, 2.05) is 0 Å². The SMILES string of the molecule is CNC(=O)Nc1ccc(-c2nc(N)cc(C3(S(=O)O)CC3)n2)cn1. The molecule has 2 heterocycles. The maximum Gasteiger partial charge on any atom is 0.320 e. The zero-order valence-electron chi connectivity index (χ0n) is 12.8. The van der Waals surface area contributed by atoms with Crippen molar-refractivity contribution in [1.82, 2.24) is 20.3 Å². The molecule has 1 aliphatic carbocycles. The average molecular weight is 348 g/mol. The third-order valence-corrected chi connectivity index (χ3v) is 5.03. The maximum atomic E-state index is 11.6. The van der Waals surface area contributed by atoms with Crippen LogP contribution in [0.2, 0.25) is 0 Å². The fraction of sp³-hybridized carbons (Fsp3) is 0.286. The molecule has 2 aromatic rings. The van der Waals surface area contributed by atoms with Gasteiger partial charge in [-0.25, -0.2) is 24.0 Å². The van der Waals surface area contributed by atoms with Crippen molar-refractivity contribution in [3.05, 3.63) is 30.1 Å². The van der Waals surface area contributed by atoms with Gasteiger partial charge < -0.3 is 15.6 Å². The van der Waals surface area contributed by atoms with Crippen molar-refractivity contribution in [2.75, 3.05) is 18.1 Å². The maximum absolute atomic E-state index is 11.6. The molecule has 0 bridgehead atoms. The quantitative estimate of drug-likeness (QED) is 0.605. The van der Waals surface area contributed by atoms with Crippen LogP contribution in [0.15, 0.2) is 24.4 Å². The smallest absolute Gasteiger partial charge is 0.320 e. The highest BCUT2D eigenvalue weighted by molar-refractivity contribution is 7.80. The fourth-order valence-corrected chi connectivity index (χ4v) is 2.98. The van der Waals surface area contributed by atoms with Crippen molar-refractivity contribution in [2.24, 2.45) is 0 Å². The Hall–Kier alpha value is -2.59. The monoisotopic (exact) mass is 348 g/mol. The lowest BCUT2D eigenvalue weighted by Crippen LogP contribution is -2.24. The molecule has 5 N–H and O–H groups in total. The van der Waals surface area contributed by atoms with E-state index in [0.717, 1.165) is 0 Å². The molecule has 0 aromatic carbocycles. The lowest BCUT2D eigenvalue weighted by molar-refractivity contribution is 0.254. The molecule has 24 heavy (non-hydrogen) atoms. The summed E-state index contributed by atoms with van der Waals surface area (Å²) in [6.45, 7) is 0. The Morgan fingerprint density at radius 2 is 2.12 bits per heavy atom. The van der Waals surface area contributed by atoms with Crippen molar-refractivity contribution in [3.63, 3.8) is 0 Å². The number of hydrogen-bond acceptors (Lipinski definition) is 6. The minimum Gasteiger partial charge on any atom is -0.384 e. The number of carbonyl (C=O) groups is 1. The highest BCUT2D eigenvalue weighted by Crippen LogP contribution is 2.50. The molecule has 126 valence electrons. The summed E-state index contributed by atoms with van der Waals surface area (Å²) in [7, 11) is 1.50. The van der Waals surface area contributed by atoms with Gasteiger partial charge in [-0.05, 0) is 25.0 Å². The molecule has 1 atom stereocenters. The molecule has 2 amide bonds. The Kier molecular flexibility index (Phi) is 4.16. The largest absolute Gasteiger partial charge is 0.384 e. The number of amides is 2. The van der Waals surface area contributed by atoms with Crippen LogP contribution in [0, 0.1) is 0 Å². The summed E-state index contributed by atoms with van der Waals surface area (Å²) in [6, 6.07) is 4.44. The number of pyridine rings is 1. The first-order chi connectivity index (χ1) is 11.4. The van der Waals surface area contributed by atoms with Crippen LogP contribution in [0.1, 0.15) is 18.5 Å². The summed E-state index contributed by atoms with van der Waals surface area (Å²) < 4.78 is 20.2. The number of nitrogens with one attached hydrogen (secondary N) is 2. The van der Waals surface area contributed by atoms with E-state index in [0.29, 0.717) is 35.7 Å². The number of rotatable bonds is 4. The second-order valence-electron chi connectivity index (χ2n) is 5.38. The first kappa shape index (κ1) is 16.3. The van der Waals surface area contributed by atoms with Crippen molar-refractivity contribution >= 4 is 28.7 Å². The molecule has 1 fully saturated rings. The normalized spacial score (nSPS) is 16.2. The molecule has 0 saturated heterocycles. The minimum absolute atomic E-state index is 0.222. The number of nitrogens with zero attached hydrogens (tertiary/aromatic N) is 3. The van der Waals surface area contributed by atoms with Gasteiger partial charge in [0.05, 0.1) is 5.69 Å². The first-order valence-corrected chi connectivity index (χ1v) is 8.26. The number of aromatic nitrogens is 3. The van der Waals surface area contributed by atoms with Gasteiger partial charge in [0, 0.05) is 24.9 Å². The number of anilines is 2. The standard InChI is InChI=1S/C14H16N6O3S/c1-16-13(21)20-11-3-2-8(7-17-11)12-18-9(6-10(15)19-12)14(4-5-14)24(22)23/h2-3,6-7H,4-5H2,1H3,(H,22,23)(H2,15,18,19)(H2,16,17,20,21). The lowest BCUT2D eigenvalue weighted by Gasteiger charge is -2.12. The van der Waals surface area contributed by atoms with E-state index in [9.17, 15) is 13.6 Å². The van der Waals surface area contributed by atoms with Gasteiger partial charge in [-0.2, -0.15) is 0 Å². The predicted molar refractivity (Wildman–Crippen MR) is 89.4 cm³/mol. The Morgan fingerprint density at radius 3 is 2.67 bits per heavy atom. The van der Waals surface area contributed by atoms with Gasteiger partial charge in [0.1, 0.15) is 16.4 Å². The fourth-order valence-electron chi connectivity index (χ4n) is 2.24. The topological polar surface area (TPSA) is 143 Å². The van der Waals surface area contributed by atoms with Crippen LogP contribution < -0.4 is 16.4 Å². The molecule has 0 aliphatic heterocycles. The molecule has 9 nitrogen and oxygen atoms in total. The number of nitrogens with two attached hydrogens (primary N) is 1. The van der Waals surface area contributed by atoms with Crippen molar-refractivity contribution in [1.29, 1.82) is 0 Å². The highest BCUT2D eigenvalue weighted by Gasteiger charge is 2.52. The molecular formula is C14H16N6O3S. The predicted octanol–water partition coefficient (Wildman–Crippen LogP) is 1.08. The van der Waals surface area contributed by atoms with E-state index >= 15 is 0 Å². The van der Waals surface area contributed by atoms with E-state index in [2.05, 4.69) is 25.6 Å². The average Bonchev–Trinajstić information content (AvgIpc) is 3.37. The molecule has 0 spiro atoms. The van der Waals surface area contributed by atoms with E-state index in [1.54, 1.807) is 12.1 Å². The van der Waals surface area contributed by atoms with Gasteiger partial charge in [0.2, 0.25) is 0 Å². The van der Waals surface area contributed by atoms with E-state index < -0.39 is 15.8 Å². The summed E-state index contributed by atoms with van der Waals surface area (Å²) in [4.78, 5) is 23.9. The van der Waals surface area contributed by atoms with Crippen LogP contribution in [0.5, 0.6) is 0 Å². The molecule has 2 aromatic heterocycles. The molecular weight excluding hydrogens is 332 g/mol. The number of nitrogen functional groups attached to an aromatic ring is 1. The van der Waals surface area contributed by atoms with Gasteiger partial charge in [0.15, 0.2) is 16.9 Å². The number of urea groups is 1.